The van der Waals surface area contributed by atoms with Gasteiger partial charge in [0.2, 0.25) is 0 Å². The van der Waals surface area contributed by atoms with Crippen molar-refractivity contribution in [2.45, 2.75) is 13.8 Å². The Morgan fingerprint density at radius 2 is 2.05 bits per heavy atom. The molecular formula is C16H17ClN2O2. The van der Waals surface area contributed by atoms with Gasteiger partial charge < -0.3 is 10.1 Å². The van der Waals surface area contributed by atoms with Crippen LogP contribution in [-0.2, 0) is 0 Å². The number of ether oxygens (including phenoxy) is 1. The summed E-state index contributed by atoms with van der Waals surface area (Å²) in [6.45, 7) is 4.79. The second-order valence-electron chi connectivity index (χ2n) is 5.03. The van der Waals surface area contributed by atoms with Gasteiger partial charge in [-0.05, 0) is 30.2 Å². The normalized spacial score (nSPS) is 10.5. The van der Waals surface area contributed by atoms with Crippen LogP contribution in [0.5, 0.6) is 5.75 Å². The number of hydrogen-bond donors (Lipinski definition) is 1. The summed E-state index contributed by atoms with van der Waals surface area (Å²) in [5.41, 5.74) is 0.930. The van der Waals surface area contributed by atoms with Gasteiger partial charge in [-0.3, -0.25) is 4.79 Å². The van der Waals surface area contributed by atoms with Crippen LogP contribution >= 0.6 is 11.6 Å². The first kappa shape index (κ1) is 15.3. The molecule has 1 aromatic carbocycles. The molecule has 2 aromatic rings. The maximum Gasteiger partial charge on any atom is 0.274 e. The van der Waals surface area contributed by atoms with Gasteiger partial charge in [0.05, 0.1) is 6.61 Å². The lowest BCUT2D eigenvalue weighted by Crippen LogP contribution is -2.13. The number of nitrogens with one attached hydrogen (secondary N) is 1. The predicted molar refractivity (Wildman–Crippen MR) is 84.0 cm³/mol. The van der Waals surface area contributed by atoms with Crippen LogP contribution in [0.2, 0.25) is 5.15 Å². The van der Waals surface area contributed by atoms with E-state index in [1.165, 1.54) is 0 Å². The number of carbonyl (C=O) groups is 1. The largest absolute Gasteiger partial charge is 0.493 e. The zero-order chi connectivity index (χ0) is 15.2. The number of hydrogen-bond acceptors (Lipinski definition) is 3. The minimum atomic E-state index is -0.307. The molecule has 0 fully saturated rings. The number of anilines is 1. The lowest BCUT2D eigenvalue weighted by Gasteiger charge is -2.10. The Balaban J connectivity index is 2.05. The van der Waals surface area contributed by atoms with Gasteiger partial charge in [0.15, 0.2) is 0 Å². The van der Waals surface area contributed by atoms with Crippen LogP contribution in [0.4, 0.5) is 5.69 Å². The Morgan fingerprint density at radius 3 is 2.76 bits per heavy atom. The molecule has 1 aromatic heterocycles. The van der Waals surface area contributed by atoms with E-state index in [2.05, 4.69) is 24.1 Å². The van der Waals surface area contributed by atoms with Gasteiger partial charge in [0.1, 0.15) is 16.6 Å². The van der Waals surface area contributed by atoms with Crippen molar-refractivity contribution in [1.29, 1.82) is 0 Å². The molecule has 0 spiro atoms. The summed E-state index contributed by atoms with van der Waals surface area (Å²) in [4.78, 5) is 16.0. The Bertz CT molecular complexity index is 629. The molecule has 4 nitrogen and oxygen atoms in total. The highest BCUT2D eigenvalue weighted by atomic mass is 35.5. The highest BCUT2D eigenvalue weighted by Crippen LogP contribution is 2.18. The average Bonchev–Trinajstić information content (AvgIpc) is 2.45. The van der Waals surface area contributed by atoms with E-state index in [-0.39, 0.29) is 16.8 Å². The fourth-order valence-electron chi connectivity index (χ4n) is 1.66. The third-order valence-corrected chi connectivity index (χ3v) is 2.83. The molecule has 0 aliphatic carbocycles. The molecule has 0 radical (unpaired) electrons. The van der Waals surface area contributed by atoms with E-state index in [0.717, 1.165) is 5.75 Å². The van der Waals surface area contributed by atoms with Crippen molar-refractivity contribution in [3.63, 3.8) is 0 Å². The maximum atomic E-state index is 12.1. The summed E-state index contributed by atoms with van der Waals surface area (Å²) >= 11 is 5.78. The fraction of sp³-hybridized carbons (Fsp3) is 0.250. The molecule has 110 valence electrons. The van der Waals surface area contributed by atoms with Crippen LogP contribution in [-0.4, -0.2) is 17.5 Å². The third-order valence-electron chi connectivity index (χ3n) is 2.62. The van der Waals surface area contributed by atoms with Crippen molar-refractivity contribution in [1.82, 2.24) is 4.98 Å². The zero-order valence-corrected chi connectivity index (χ0v) is 12.7. The molecule has 21 heavy (non-hydrogen) atoms. The first-order valence-electron chi connectivity index (χ1n) is 6.71. The van der Waals surface area contributed by atoms with Gasteiger partial charge in [-0.1, -0.05) is 37.6 Å². The van der Waals surface area contributed by atoms with Gasteiger partial charge in [0.25, 0.3) is 5.91 Å². The van der Waals surface area contributed by atoms with Crippen LogP contribution in [0.25, 0.3) is 0 Å². The third kappa shape index (κ3) is 4.76. The van der Waals surface area contributed by atoms with E-state index in [9.17, 15) is 4.79 Å². The molecule has 0 saturated carbocycles. The molecule has 1 amide bonds. The summed E-state index contributed by atoms with van der Waals surface area (Å²) in [5.74, 6) is 0.859. The van der Waals surface area contributed by atoms with E-state index in [0.29, 0.717) is 18.2 Å². The second kappa shape index (κ2) is 7.09. The van der Waals surface area contributed by atoms with Crippen LogP contribution in [0.1, 0.15) is 24.3 Å². The fourth-order valence-corrected chi connectivity index (χ4v) is 1.82. The van der Waals surface area contributed by atoms with E-state index in [4.69, 9.17) is 16.3 Å². The summed E-state index contributed by atoms with van der Waals surface area (Å²) in [6.07, 6.45) is 0. The summed E-state index contributed by atoms with van der Waals surface area (Å²) < 4.78 is 5.63. The lowest BCUT2D eigenvalue weighted by atomic mass is 10.2. The van der Waals surface area contributed by atoms with Gasteiger partial charge in [-0.2, -0.15) is 0 Å². The minimum Gasteiger partial charge on any atom is -0.493 e. The highest BCUT2D eigenvalue weighted by molar-refractivity contribution is 6.29. The Morgan fingerprint density at radius 1 is 1.29 bits per heavy atom. The van der Waals surface area contributed by atoms with Crippen LogP contribution in [0, 0.1) is 5.92 Å². The SMILES string of the molecule is CC(C)COc1cccc(NC(=O)c2cccc(Cl)n2)c1. The number of pyridine rings is 1. The Hall–Kier alpha value is -2.07. The Labute approximate surface area is 129 Å². The van der Waals surface area contributed by atoms with E-state index >= 15 is 0 Å². The molecule has 1 heterocycles. The van der Waals surface area contributed by atoms with Gasteiger partial charge >= 0.3 is 0 Å². The number of carbonyl (C=O) groups excluding carboxylic acids is 1. The molecule has 0 atom stereocenters. The number of rotatable bonds is 5. The van der Waals surface area contributed by atoms with Crippen molar-refractivity contribution < 1.29 is 9.53 Å². The predicted octanol–water partition coefficient (Wildman–Crippen LogP) is 4.02. The van der Waals surface area contributed by atoms with Crippen molar-refractivity contribution >= 4 is 23.2 Å². The molecule has 1 N–H and O–H groups in total. The first-order chi connectivity index (χ1) is 10.0. The lowest BCUT2D eigenvalue weighted by molar-refractivity contribution is 0.102. The summed E-state index contributed by atoms with van der Waals surface area (Å²) in [6, 6.07) is 12.2. The highest BCUT2D eigenvalue weighted by Gasteiger charge is 2.08. The topological polar surface area (TPSA) is 51.2 Å². The minimum absolute atomic E-state index is 0.274. The van der Waals surface area contributed by atoms with E-state index < -0.39 is 0 Å². The molecular weight excluding hydrogens is 288 g/mol. The molecule has 0 aliphatic heterocycles. The first-order valence-corrected chi connectivity index (χ1v) is 7.09. The average molecular weight is 305 g/mol. The summed E-state index contributed by atoms with van der Waals surface area (Å²) in [5, 5.41) is 3.06. The Kier molecular flexibility index (Phi) is 5.17. The number of amides is 1. The van der Waals surface area contributed by atoms with Crippen LogP contribution in [0.3, 0.4) is 0 Å². The van der Waals surface area contributed by atoms with Crippen LogP contribution < -0.4 is 10.1 Å². The molecule has 0 unspecified atom stereocenters. The molecule has 0 aliphatic rings. The second-order valence-corrected chi connectivity index (χ2v) is 5.42. The zero-order valence-electron chi connectivity index (χ0n) is 12.0. The number of halogens is 1. The maximum absolute atomic E-state index is 12.1. The molecule has 2 rings (SSSR count). The van der Waals surface area contributed by atoms with Crippen molar-refractivity contribution in [3.8, 4) is 5.75 Å². The van der Waals surface area contributed by atoms with Gasteiger partial charge in [-0.15, -0.1) is 0 Å². The van der Waals surface area contributed by atoms with Crippen molar-refractivity contribution in [3.05, 3.63) is 53.3 Å². The quantitative estimate of drug-likeness (QED) is 0.849. The molecule has 5 heteroatoms. The monoisotopic (exact) mass is 304 g/mol. The standard InChI is InChI=1S/C16H17ClN2O2/c1-11(2)10-21-13-6-3-5-12(9-13)18-16(20)14-7-4-8-15(17)19-14/h3-9,11H,10H2,1-2H3,(H,18,20). The van der Waals surface area contributed by atoms with E-state index in [1.54, 1.807) is 30.3 Å². The summed E-state index contributed by atoms with van der Waals surface area (Å²) in [7, 11) is 0. The van der Waals surface area contributed by atoms with Crippen molar-refractivity contribution in [2.24, 2.45) is 5.92 Å². The molecule has 0 bridgehead atoms. The number of aromatic nitrogens is 1. The van der Waals surface area contributed by atoms with Crippen LogP contribution in [0.15, 0.2) is 42.5 Å². The molecule has 0 saturated heterocycles. The number of nitrogens with zero attached hydrogens (tertiary/aromatic N) is 1. The van der Waals surface area contributed by atoms with E-state index in [1.807, 2.05) is 12.1 Å². The number of benzene rings is 1. The van der Waals surface area contributed by atoms with Gasteiger partial charge in [-0.25, -0.2) is 4.98 Å². The van der Waals surface area contributed by atoms with Crippen molar-refractivity contribution in [2.75, 3.05) is 11.9 Å². The van der Waals surface area contributed by atoms with Gasteiger partial charge in [0, 0.05) is 11.8 Å². The smallest absolute Gasteiger partial charge is 0.274 e.